The molecule has 0 fully saturated rings. The molecule has 1 amide bonds. The van der Waals surface area contributed by atoms with Crippen LogP contribution >= 0.6 is 11.3 Å². The Labute approximate surface area is 138 Å². The Morgan fingerprint density at radius 2 is 2.30 bits per heavy atom. The second-order valence-electron chi connectivity index (χ2n) is 4.90. The van der Waals surface area contributed by atoms with Crippen molar-refractivity contribution in [1.29, 1.82) is 0 Å². The largest absolute Gasteiger partial charge is 0.466 e. The van der Waals surface area contributed by atoms with Crippen molar-refractivity contribution in [1.82, 2.24) is 15.3 Å². The lowest BCUT2D eigenvalue weighted by Gasteiger charge is -2.18. The summed E-state index contributed by atoms with van der Waals surface area (Å²) >= 11 is 1.50. The lowest BCUT2D eigenvalue weighted by molar-refractivity contribution is -0.143. The molecule has 2 heterocycles. The van der Waals surface area contributed by atoms with E-state index in [1.807, 2.05) is 11.4 Å². The van der Waals surface area contributed by atoms with E-state index in [0.717, 1.165) is 11.3 Å². The summed E-state index contributed by atoms with van der Waals surface area (Å²) < 4.78 is 4.98. The Bertz CT molecular complexity index is 617. The first kappa shape index (κ1) is 17.1. The number of carbonyl (C=O) groups excluding carboxylic acids is 2. The van der Waals surface area contributed by atoms with Gasteiger partial charge in [0.25, 0.3) is 0 Å². The third kappa shape index (κ3) is 5.78. The van der Waals surface area contributed by atoms with Crippen molar-refractivity contribution in [3.05, 3.63) is 46.7 Å². The van der Waals surface area contributed by atoms with Crippen molar-refractivity contribution in [3.8, 4) is 0 Å². The molecule has 0 saturated carbocycles. The summed E-state index contributed by atoms with van der Waals surface area (Å²) in [7, 11) is 0. The number of rotatable bonds is 8. The summed E-state index contributed by atoms with van der Waals surface area (Å²) in [5.74, 6) is -0.475. The van der Waals surface area contributed by atoms with Crippen LogP contribution in [0.4, 0.5) is 0 Å². The van der Waals surface area contributed by atoms with Crippen LogP contribution in [0.1, 0.15) is 37.1 Å². The van der Waals surface area contributed by atoms with Gasteiger partial charge in [-0.15, -0.1) is 11.3 Å². The molecule has 2 aromatic rings. The van der Waals surface area contributed by atoms with Crippen molar-refractivity contribution in [2.75, 3.05) is 6.61 Å². The normalized spacial score (nSPS) is 11.7. The minimum absolute atomic E-state index is 0.0853. The highest BCUT2D eigenvalue weighted by Crippen LogP contribution is 2.17. The summed E-state index contributed by atoms with van der Waals surface area (Å²) in [6.07, 6.45) is 4.28. The molecule has 2 aromatic heterocycles. The quantitative estimate of drug-likeness (QED) is 0.750. The number of thiazole rings is 1. The average Bonchev–Trinajstić information content (AvgIpc) is 3.07. The number of hydrogen-bond donors (Lipinski definition) is 1. The zero-order valence-corrected chi connectivity index (χ0v) is 13.7. The molecule has 0 aliphatic rings. The van der Waals surface area contributed by atoms with Crippen molar-refractivity contribution < 1.29 is 14.3 Å². The third-order valence-corrected chi connectivity index (χ3v) is 3.83. The van der Waals surface area contributed by atoms with E-state index in [9.17, 15) is 9.59 Å². The summed E-state index contributed by atoms with van der Waals surface area (Å²) in [4.78, 5) is 32.1. The molecule has 0 aromatic carbocycles. The van der Waals surface area contributed by atoms with Gasteiger partial charge in [-0.25, -0.2) is 4.98 Å². The highest BCUT2D eigenvalue weighted by Gasteiger charge is 2.19. The second-order valence-corrected chi connectivity index (χ2v) is 5.61. The number of nitrogens with zero attached hydrogens (tertiary/aromatic N) is 2. The van der Waals surface area contributed by atoms with Crippen LogP contribution < -0.4 is 5.32 Å². The first-order valence-electron chi connectivity index (χ1n) is 7.41. The van der Waals surface area contributed by atoms with Gasteiger partial charge in [-0.2, -0.15) is 0 Å². The smallest absolute Gasteiger partial charge is 0.308 e. The first-order valence-corrected chi connectivity index (χ1v) is 8.35. The van der Waals surface area contributed by atoms with Gasteiger partial charge in [0.1, 0.15) is 0 Å². The number of carbonyl (C=O) groups is 2. The van der Waals surface area contributed by atoms with Crippen LogP contribution in [0.25, 0.3) is 0 Å². The highest BCUT2D eigenvalue weighted by atomic mass is 32.1. The number of aryl methyl sites for hydroxylation is 1. The standard InChI is InChI=1S/C16H19N3O3S/c1-2-22-16(21)8-14(12-4-3-7-17-9-12)19-15(20)6-5-13-10-23-11-18-13/h3-4,7,9-11,14H,2,5-6,8H2,1H3,(H,19,20)/t14-/m0/s1. The van der Waals surface area contributed by atoms with E-state index in [-0.39, 0.29) is 18.3 Å². The lowest BCUT2D eigenvalue weighted by atomic mass is 10.1. The summed E-state index contributed by atoms with van der Waals surface area (Å²) in [6.45, 7) is 2.07. The topological polar surface area (TPSA) is 81.2 Å². The van der Waals surface area contributed by atoms with E-state index in [0.29, 0.717) is 19.4 Å². The van der Waals surface area contributed by atoms with Gasteiger partial charge < -0.3 is 10.1 Å². The summed E-state index contributed by atoms with van der Waals surface area (Å²) in [6, 6.07) is 3.16. The fourth-order valence-corrected chi connectivity index (χ4v) is 2.68. The minimum atomic E-state index is -0.439. The van der Waals surface area contributed by atoms with Gasteiger partial charge in [0.2, 0.25) is 5.91 Å². The van der Waals surface area contributed by atoms with Gasteiger partial charge in [-0.3, -0.25) is 14.6 Å². The van der Waals surface area contributed by atoms with Crippen LogP contribution in [0.2, 0.25) is 0 Å². The maximum Gasteiger partial charge on any atom is 0.308 e. The van der Waals surface area contributed by atoms with Crippen LogP contribution in [-0.4, -0.2) is 28.5 Å². The Hall–Kier alpha value is -2.28. The number of pyridine rings is 1. The van der Waals surface area contributed by atoms with Crippen LogP contribution in [0.3, 0.4) is 0 Å². The summed E-state index contributed by atoms with van der Waals surface area (Å²) in [5, 5.41) is 4.80. The molecule has 0 saturated heterocycles. The Balaban J connectivity index is 1.96. The SMILES string of the molecule is CCOC(=O)C[C@H](NC(=O)CCc1cscn1)c1cccnc1. The van der Waals surface area contributed by atoms with E-state index in [1.165, 1.54) is 11.3 Å². The maximum atomic E-state index is 12.2. The number of esters is 1. The highest BCUT2D eigenvalue weighted by molar-refractivity contribution is 7.07. The van der Waals surface area contributed by atoms with Gasteiger partial charge in [0, 0.05) is 24.2 Å². The number of nitrogens with one attached hydrogen (secondary N) is 1. The molecule has 0 unspecified atom stereocenters. The van der Waals surface area contributed by atoms with Gasteiger partial charge >= 0.3 is 5.97 Å². The van der Waals surface area contributed by atoms with E-state index >= 15 is 0 Å². The second kappa shape index (κ2) is 8.99. The monoisotopic (exact) mass is 333 g/mol. The third-order valence-electron chi connectivity index (χ3n) is 3.19. The van der Waals surface area contributed by atoms with E-state index in [4.69, 9.17) is 4.74 Å². The van der Waals surface area contributed by atoms with Crippen LogP contribution in [-0.2, 0) is 20.7 Å². The molecular weight excluding hydrogens is 314 g/mol. The number of amides is 1. The van der Waals surface area contributed by atoms with Crippen molar-refractivity contribution in [3.63, 3.8) is 0 Å². The molecule has 122 valence electrons. The Kier molecular flexibility index (Phi) is 6.68. The molecule has 0 aliphatic heterocycles. The van der Waals surface area contributed by atoms with Gasteiger partial charge in [0.15, 0.2) is 0 Å². The fraction of sp³-hybridized carbons (Fsp3) is 0.375. The molecule has 0 bridgehead atoms. The zero-order chi connectivity index (χ0) is 16.5. The molecule has 1 N–H and O–H groups in total. The van der Waals surface area contributed by atoms with E-state index in [2.05, 4.69) is 15.3 Å². The molecule has 2 rings (SSSR count). The number of aromatic nitrogens is 2. The van der Waals surface area contributed by atoms with Gasteiger partial charge in [-0.05, 0) is 25.0 Å². The molecule has 0 radical (unpaired) electrons. The summed E-state index contributed by atoms with van der Waals surface area (Å²) in [5.41, 5.74) is 3.42. The number of hydrogen-bond acceptors (Lipinski definition) is 6. The Morgan fingerprint density at radius 3 is 2.96 bits per heavy atom. The average molecular weight is 333 g/mol. The van der Waals surface area contributed by atoms with Crippen LogP contribution in [0.15, 0.2) is 35.4 Å². The zero-order valence-electron chi connectivity index (χ0n) is 12.9. The van der Waals surface area contributed by atoms with Gasteiger partial charge in [-0.1, -0.05) is 6.07 Å². The van der Waals surface area contributed by atoms with Crippen molar-refractivity contribution in [2.45, 2.75) is 32.2 Å². The first-order chi connectivity index (χ1) is 11.2. The van der Waals surface area contributed by atoms with Crippen LogP contribution in [0.5, 0.6) is 0 Å². The van der Waals surface area contributed by atoms with Crippen LogP contribution in [0, 0.1) is 0 Å². The molecule has 1 atom stereocenters. The predicted octanol–water partition coefficient (Wildman–Crippen LogP) is 2.28. The molecule has 0 aliphatic carbocycles. The van der Waals surface area contributed by atoms with E-state index in [1.54, 1.807) is 30.9 Å². The lowest BCUT2D eigenvalue weighted by Crippen LogP contribution is -2.31. The molecule has 6 nitrogen and oxygen atoms in total. The van der Waals surface area contributed by atoms with Gasteiger partial charge in [0.05, 0.1) is 30.3 Å². The van der Waals surface area contributed by atoms with Crippen molar-refractivity contribution in [2.24, 2.45) is 0 Å². The number of ether oxygens (including phenoxy) is 1. The molecule has 7 heteroatoms. The minimum Gasteiger partial charge on any atom is -0.466 e. The predicted molar refractivity (Wildman–Crippen MR) is 86.8 cm³/mol. The molecular formula is C16H19N3O3S. The fourth-order valence-electron chi connectivity index (χ4n) is 2.09. The maximum absolute atomic E-state index is 12.2. The molecule has 23 heavy (non-hydrogen) atoms. The molecule has 0 spiro atoms. The Morgan fingerprint density at radius 1 is 1.43 bits per heavy atom. The van der Waals surface area contributed by atoms with Crippen molar-refractivity contribution >= 4 is 23.2 Å². The van der Waals surface area contributed by atoms with E-state index < -0.39 is 6.04 Å².